The standard InChI is InChI=1S/C9H16O2.C6H12O.C2H6/c1-6(2)9(11-5)7(3)8(4)10;1-5(7)6(2,3)4;1-2/h7H,1-5H3;1-4H3;1-2H3. The van der Waals surface area contributed by atoms with Gasteiger partial charge in [-0.25, -0.2) is 0 Å². The first-order valence-electron chi connectivity index (χ1n) is 7.18. The van der Waals surface area contributed by atoms with E-state index < -0.39 is 0 Å². The number of Topliss-reactive ketones (excluding diaryl/α,β-unsaturated/α-hetero) is 2. The van der Waals surface area contributed by atoms with Gasteiger partial charge in [-0.3, -0.25) is 9.59 Å². The molecule has 0 amide bonds. The predicted octanol–water partition coefficient (Wildman–Crippen LogP) is 4.80. The van der Waals surface area contributed by atoms with Gasteiger partial charge < -0.3 is 4.74 Å². The van der Waals surface area contributed by atoms with Crippen molar-refractivity contribution in [1.82, 2.24) is 0 Å². The Morgan fingerprint density at radius 1 is 0.950 bits per heavy atom. The van der Waals surface area contributed by atoms with Crippen LogP contribution in [0.1, 0.15) is 69.2 Å². The van der Waals surface area contributed by atoms with E-state index in [-0.39, 0.29) is 22.9 Å². The average molecular weight is 286 g/mol. The van der Waals surface area contributed by atoms with Crippen LogP contribution >= 0.6 is 0 Å². The molecule has 1 unspecified atom stereocenters. The second kappa shape index (κ2) is 11.7. The van der Waals surface area contributed by atoms with Crippen LogP contribution in [0.5, 0.6) is 0 Å². The highest BCUT2D eigenvalue weighted by molar-refractivity contribution is 5.81. The highest BCUT2D eigenvalue weighted by Gasteiger charge is 2.15. The van der Waals surface area contributed by atoms with Crippen molar-refractivity contribution in [2.24, 2.45) is 11.3 Å². The largest absolute Gasteiger partial charge is 0.500 e. The third-order valence-corrected chi connectivity index (χ3v) is 2.77. The lowest BCUT2D eigenvalue weighted by atomic mass is 9.92. The summed E-state index contributed by atoms with van der Waals surface area (Å²) in [5.41, 5.74) is 0.926. The van der Waals surface area contributed by atoms with E-state index in [9.17, 15) is 9.59 Å². The van der Waals surface area contributed by atoms with Gasteiger partial charge in [0.1, 0.15) is 17.3 Å². The molecule has 20 heavy (non-hydrogen) atoms. The molecule has 0 aliphatic rings. The van der Waals surface area contributed by atoms with Gasteiger partial charge in [0, 0.05) is 5.41 Å². The number of allylic oxidation sites excluding steroid dienone is 2. The summed E-state index contributed by atoms with van der Waals surface area (Å²) in [4.78, 5) is 21.4. The van der Waals surface area contributed by atoms with Gasteiger partial charge in [-0.15, -0.1) is 0 Å². The van der Waals surface area contributed by atoms with Gasteiger partial charge in [-0.1, -0.05) is 34.6 Å². The zero-order valence-electron chi connectivity index (χ0n) is 15.3. The quantitative estimate of drug-likeness (QED) is 0.700. The van der Waals surface area contributed by atoms with Crippen LogP contribution in [-0.4, -0.2) is 18.7 Å². The zero-order chi connectivity index (χ0) is 17.1. The SMILES string of the molecule is CC.CC(=O)C(C)(C)C.COC(=C(C)C)C(C)C(C)=O. The summed E-state index contributed by atoms with van der Waals surface area (Å²) in [5, 5.41) is 0. The van der Waals surface area contributed by atoms with Crippen molar-refractivity contribution in [1.29, 1.82) is 0 Å². The fourth-order valence-corrected chi connectivity index (χ4v) is 0.999. The molecule has 1 atom stereocenters. The van der Waals surface area contributed by atoms with Crippen molar-refractivity contribution in [3.8, 4) is 0 Å². The number of ether oxygens (including phenoxy) is 1. The van der Waals surface area contributed by atoms with Crippen molar-refractivity contribution in [3.05, 3.63) is 11.3 Å². The maximum atomic E-state index is 10.9. The molecule has 0 heterocycles. The fourth-order valence-electron chi connectivity index (χ4n) is 0.999. The number of rotatable bonds is 3. The molecule has 0 N–H and O–H groups in total. The molecule has 120 valence electrons. The molecule has 0 bridgehead atoms. The van der Waals surface area contributed by atoms with Gasteiger partial charge in [0.15, 0.2) is 0 Å². The van der Waals surface area contributed by atoms with Crippen LogP contribution in [0.15, 0.2) is 11.3 Å². The van der Waals surface area contributed by atoms with Gasteiger partial charge in [-0.2, -0.15) is 0 Å². The van der Waals surface area contributed by atoms with E-state index in [0.29, 0.717) is 0 Å². The van der Waals surface area contributed by atoms with E-state index in [0.717, 1.165) is 11.3 Å². The molecule has 0 rings (SSSR count). The number of hydrogen-bond acceptors (Lipinski definition) is 3. The van der Waals surface area contributed by atoms with Crippen LogP contribution in [-0.2, 0) is 14.3 Å². The maximum Gasteiger partial charge on any atom is 0.140 e. The monoisotopic (exact) mass is 286 g/mol. The summed E-state index contributed by atoms with van der Waals surface area (Å²) in [6.07, 6.45) is 0. The van der Waals surface area contributed by atoms with Gasteiger partial charge in [0.25, 0.3) is 0 Å². The summed E-state index contributed by atoms with van der Waals surface area (Å²) >= 11 is 0. The normalized spacial score (nSPS) is 10.9. The zero-order valence-corrected chi connectivity index (χ0v) is 15.3. The molecular weight excluding hydrogens is 252 g/mol. The molecule has 0 saturated heterocycles. The van der Waals surface area contributed by atoms with E-state index in [1.165, 1.54) is 0 Å². The number of methoxy groups -OCH3 is 1. The van der Waals surface area contributed by atoms with E-state index in [1.807, 2.05) is 55.4 Å². The van der Waals surface area contributed by atoms with Crippen LogP contribution in [0.2, 0.25) is 0 Å². The first-order chi connectivity index (χ1) is 8.95. The molecule has 0 aromatic carbocycles. The van der Waals surface area contributed by atoms with E-state index in [4.69, 9.17) is 4.74 Å². The van der Waals surface area contributed by atoms with Gasteiger partial charge in [0.05, 0.1) is 13.0 Å². The van der Waals surface area contributed by atoms with Crippen LogP contribution in [0.4, 0.5) is 0 Å². The minimum Gasteiger partial charge on any atom is -0.500 e. The lowest BCUT2D eigenvalue weighted by Gasteiger charge is -2.13. The number of carbonyl (C=O) groups excluding carboxylic acids is 2. The molecule has 3 heteroatoms. The first kappa shape index (κ1) is 23.9. The van der Waals surface area contributed by atoms with Crippen LogP contribution < -0.4 is 0 Å². The molecule has 0 aliphatic carbocycles. The Kier molecular flexibility index (Phi) is 14.0. The Morgan fingerprint density at radius 2 is 1.25 bits per heavy atom. The summed E-state index contributed by atoms with van der Waals surface area (Å²) in [6.45, 7) is 18.7. The summed E-state index contributed by atoms with van der Waals surface area (Å²) in [6, 6.07) is 0. The number of hydrogen-bond donors (Lipinski definition) is 0. The molecule has 0 fully saturated rings. The van der Waals surface area contributed by atoms with E-state index in [1.54, 1.807) is 21.0 Å². The highest BCUT2D eigenvalue weighted by Crippen LogP contribution is 2.16. The van der Waals surface area contributed by atoms with E-state index >= 15 is 0 Å². The lowest BCUT2D eigenvalue weighted by Crippen LogP contribution is -2.15. The van der Waals surface area contributed by atoms with Gasteiger partial charge in [0.2, 0.25) is 0 Å². The van der Waals surface area contributed by atoms with E-state index in [2.05, 4.69) is 0 Å². The van der Waals surface area contributed by atoms with Crippen molar-refractivity contribution in [2.45, 2.75) is 69.2 Å². The Labute approximate surface area is 125 Å². The minimum atomic E-state index is -0.139. The molecule has 0 aromatic heterocycles. The topological polar surface area (TPSA) is 43.4 Å². The van der Waals surface area contributed by atoms with Crippen molar-refractivity contribution in [2.75, 3.05) is 7.11 Å². The Balaban J connectivity index is -0.000000277. The molecule has 0 saturated carbocycles. The number of carbonyl (C=O) groups is 2. The Hall–Kier alpha value is -1.12. The molecule has 0 radical (unpaired) electrons. The van der Waals surface area contributed by atoms with Crippen LogP contribution in [0.25, 0.3) is 0 Å². The van der Waals surface area contributed by atoms with Crippen molar-refractivity contribution < 1.29 is 14.3 Å². The maximum absolute atomic E-state index is 10.9. The third kappa shape index (κ3) is 11.9. The number of ketones is 2. The van der Waals surface area contributed by atoms with Gasteiger partial charge in [-0.05, 0) is 40.2 Å². The predicted molar refractivity (Wildman–Crippen MR) is 86.7 cm³/mol. The fraction of sp³-hybridized carbons (Fsp3) is 0.765. The summed E-state index contributed by atoms with van der Waals surface area (Å²) in [7, 11) is 1.60. The highest BCUT2D eigenvalue weighted by atomic mass is 16.5. The molecule has 0 aliphatic heterocycles. The lowest BCUT2D eigenvalue weighted by molar-refractivity contribution is -0.124. The third-order valence-electron chi connectivity index (χ3n) is 2.77. The average Bonchev–Trinajstić information content (AvgIpc) is 2.31. The molecule has 0 spiro atoms. The first-order valence-corrected chi connectivity index (χ1v) is 7.18. The molecule has 0 aromatic rings. The van der Waals surface area contributed by atoms with Crippen molar-refractivity contribution in [3.63, 3.8) is 0 Å². The Bertz CT molecular complexity index is 316. The smallest absolute Gasteiger partial charge is 0.140 e. The second-order valence-corrected chi connectivity index (χ2v) is 5.71. The minimum absolute atomic E-state index is 0.106. The summed E-state index contributed by atoms with van der Waals surface area (Å²) in [5.74, 6) is 1.07. The van der Waals surface area contributed by atoms with Gasteiger partial charge >= 0.3 is 0 Å². The van der Waals surface area contributed by atoms with Crippen LogP contribution in [0.3, 0.4) is 0 Å². The van der Waals surface area contributed by atoms with Crippen molar-refractivity contribution >= 4 is 11.6 Å². The second-order valence-electron chi connectivity index (χ2n) is 5.71. The summed E-state index contributed by atoms with van der Waals surface area (Å²) < 4.78 is 5.09. The molecular formula is C17H34O3. The Morgan fingerprint density at radius 3 is 1.30 bits per heavy atom. The molecule has 3 nitrogen and oxygen atoms in total. The van der Waals surface area contributed by atoms with Crippen LogP contribution in [0, 0.1) is 11.3 Å².